The van der Waals surface area contributed by atoms with Crippen LogP contribution in [0.4, 0.5) is 5.69 Å². The van der Waals surface area contributed by atoms with Gasteiger partial charge in [0.15, 0.2) is 0 Å². The molecule has 0 radical (unpaired) electrons. The summed E-state index contributed by atoms with van der Waals surface area (Å²) in [5.74, 6) is 4.72. The Morgan fingerprint density at radius 3 is 1.97 bits per heavy atom. The van der Waals surface area contributed by atoms with Gasteiger partial charge < -0.3 is 10.1 Å². The van der Waals surface area contributed by atoms with Gasteiger partial charge >= 0.3 is 5.97 Å². The van der Waals surface area contributed by atoms with Crippen molar-refractivity contribution in [1.29, 1.82) is 0 Å². The topological polar surface area (TPSA) is 38.3 Å². The zero-order valence-electron chi connectivity index (χ0n) is 19.9. The smallest absolute Gasteiger partial charge is 0.384 e. The van der Waals surface area contributed by atoms with Gasteiger partial charge in [0.1, 0.15) is 0 Å². The number of anilines is 1. The van der Waals surface area contributed by atoms with Crippen molar-refractivity contribution in [1.82, 2.24) is 0 Å². The standard InChI is InChI=1S/C28H43NO2/c1-3-4-5-6-7-8-9-10-11-12-13-14-15-16-17-18-25-29-27-22-19-26(20-23-27)21-24-28(30)31-2/h10-11,19-20,22-23,29H,3-9,12-18,25H2,1-2H3. The Kier molecular flexibility index (Phi) is 17.1. The minimum Gasteiger partial charge on any atom is -0.459 e. The van der Waals surface area contributed by atoms with Crippen LogP contribution in [0, 0.1) is 11.8 Å². The van der Waals surface area contributed by atoms with Crippen molar-refractivity contribution in [2.45, 2.75) is 96.8 Å². The number of methoxy groups -OCH3 is 1. The minimum absolute atomic E-state index is 0.512. The third-order valence-electron chi connectivity index (χ3n) is 5.40. The normalized spacial score (nSPS) is 10.6. The molecular formula is C28H43NO2. The molecule has 0 saturated heterocycles. The Labute approximate surface area is 191 Å². The van der Waals surface area contributed by atoms with Crippen molar-refractivity contribution in [3.05, 3.63) is 42.0 Å². The molecule has 1 N–H and O–H groups in total. The number of esters is 1. The first-order valence-corrected chi connectivity index (χ1v) is 12.3. The summed E-state index contributed by atoms with van der Waals surface area (Å²) in [4.78, 5) is 11.0. The molecule has 3 nitrogen and oxygen atoms in total. The van der Waals surface area contributed by atoms with E-state index >= 15 is 0 Å². The summed E-state index contributed by atoms with van der Waals surface area (Å²) >= 11 is 0. The number of ether oxygens (including phenoxy) is 1. The lowest BCUT2D eigenvalue weighted by Crippen LogP contribution is -2.01. The van der Waals surface area contributed by atoms with Crippen LogP contribution in [0.3, 0.4) is 0 Å². The second-order valence-corrected chi connectivity index (χ2v) is 8.18. The zero-order valence-corrected chi connectivity index (χ0v) is 19.9. The van der Waals surface area contributed by atoms with Crippen molar-refractivity contribution >= 4 is 11.7 Å². The highest BCUT2D eigenvalue weighted by Crippen LogP contribution is 2.12. The van der Waals surface area contributed by atoms with Crippen molar-refractivity contribution in [3.63, 3.8) is 0 Å². The number of nitrogens with one attached hydrogen (secondary N) is 1. The number of hydrogen-bond acceptors (Lipinski definition) is 3. The largest absolute Gasteiger partial charge is 0.459 e. The SMILES string of the molecule is CCCCCCCCC=CCCCCCCCCNc1ccc(C#CC(=O)OC)cc1. The van der Waals surface area contributed by atoms with E-state index in [4.69, 9.17) is 0 Å². The lowest BCUT2D eigenvalue weighted by molar-refractivity contribution is -0.133. The van der Waals surface area contributed by atoms with Crippen LogP contribution in [0.1, 0.15) is 102 Å². The van der Waals surface area contributed by atoms with Gasteiger partial charge in [-0.1, -0.05) is 82.8 Å². The first-order chi connectivity index (χ1) is 15.3. The van der Waals surface area contributed by atoms with Crippen LogP contribution >= 0.6 is 0 Å². The van der Waals surface area contributed by atoms with E-state index in [2.05, 4.69) is 41.0 Å². The third kappa shape index (κ3) is 16.2. The molecule has 0 saturated carbocycles. The van der Waals surface area contributed by atoms with Gasteiger partial charge in [0, 0.05) is 23.7 Å². The summed E-state index contributed by atoms with van der Waals surface area (Å²) in [6.07, 6.45) is 23.5. The molecule has 3 heteroatoms. The molecule has 0 spiro atoms. The summed E-state index contributed by atoms with van der Waals surface area (Å²) in [5.41, 5.74) is 1.91. The highest BCUT2D eigenvalue weighted by molar-refractivity contribution is 5.89. The van der Waals surface area contributed by atoms with Crippen LogP contribution in [0.2, 0.25) is 0 Å². The van der Waals surface area contributed by atoms with E-state index in [1.165, 1.54) is 97.0 Å². The molecule has 1 aromatic carbocycles. The van der Waals surface area contributed by atoms with Gasteiger partial charge in [-0.25, -0.2) is 4.79 Å². The number of benzene rings is 1. The van der Waals surface area contributed by atoms with Crippen molar-refractivity contribution < 1.29 is 9.53 Å². The van der Waals surface area contributed by atoms with Crippen LogP contribution in [0.15, 0.2) is 36.4 Å². The summed E-state index contributed by atoms with van der Waals surface area (Å²) in [6, 6.07) is 7.84. The van der Waals surface area contributed by atoms with Crippen LogP contribution < -0.4 is 5.32 Å². The maximum Gasteiger partial charge on any atom is 0.384 e. The number of unbranched alkanes of at least 4 members (excludes halogenated alkanes) is 12. The molecule has 0 atom stereocenters. The lowest BCUT2D eigenvalue weighted by atomic mass is 10.1. The summed E-state index contributed by atoms with van der Waals surface area (Å²) in [5, 5.41) is 3.45. The Morgan fingerprint density at radius 2 is 1.39 bits per heavy atom. The minimum atomic E-state index is -0.512. The summed E-state index contributed by atoms with van der Waals surface area (Å²) < 4.78 is 4.51. The average molecular weight is 426 g/mol. The molecule has 0 aliphatic rings. The molecular weight excluding hydrogens is 382 g/mol. The Morgan fingerprint density at radius 1 is 0.839 bits per heavy atom. The fourth-order valence-corrected chi connectivity index (χ4v) is 3.45. The lowest BCUT2D eigenvalue weighted by Gasteiger charge is -2.06. The van der Waals surface area contributed by atoms with Crippen molar-refractivity contribution in [2.75, 3.05) is 19.0 Å². The Balaban J connectivity index is 1.91. The number of rotatable bonds is 17. The molecule has 0 fully saturated rings. The van der Waals surface area contributed by atoms with E-state index in [-0.39, 0.29) is 0 Å². The highest BCUT2D eigenvalue weighted by Gasteiger charge is 1.95. The molecule has 31 heavy (non-hydrogen) atoms. The fourth-order valence-electron chi connectivity index (χ4n) is 3.45. The van der Waals surface area contributed by atoms with Crippen molar-refractivity contribution in [2.24, 2.45) is 0 Å². The molecule has 0 aliphatic heterocycles. The fraction of sp³-hybridized carbons (Fsp3) is 0.607. The molecule has 172 valence electrons. The number of allylic oxidation sites excluding steroid dienone is 2. The summed E-state index contributed by atoms with van der Waals surface area (Å²) in [6.45, 7) is 3.27. The predicted molar refractivity (Wildman–Crippen MR) is 133 cm³/mol. The molecule has 1 aromatic rings. The maximum absolute atomic E-state index is 11.0. The third-order valence-corrected chi connectivity index (χ3v) is 5.40. The number of hydrogen-bond donors (Lipinski definition) is 1. The van der Waals surface area contributed by atoms with Crippen LogP contribution in [0.5, 0.6) is 0 Å². The van der Waals surface area contributed by atoms with Crippen LogP contribution in [0.25, 0.3) is 0 Å². The van der Waals surface area contributed by atoms with Crippen molar-refractivity contribution in [3.8, 4) is 11.8 Å². The monoisotopic (exact) mass is 425 g/mol. The highest BCUT2D eigenvalue weighted by atomic mass is 16.5. The first-order valence-electron chi connectivity index (χ1n) is 12.3. The second-order valence-electron chi connectivity index (χ2n) is 8.18. The van der Waals surface area contributed by atoms with Gasteiger partial charge in [-0.3, -0.25) is 0 Å². The predicted octanol–water partition coefficient (Wildman–Crippen LogP) is 7.66. The zero-order chi connectivity index (χ0) is 22.4. The van der Waals surface area contributed by atoms with E-state index in [9.17, 15) is 4.79 Å². The molecule has 0 heterocycles. The first kappa shape index (κ1) is 26.8. The van der Waals surface area contributed by atoms with E-state index < -0.39 is 5.97 Å². The molecule has 1 rings (SSSR count). The van der Waals surface area contributed by atoms with Gasteiger partial charge in [0.05, 0.1) is 7.11 Å². The summed E-state index contributed by atoms with van der Waals surface area (Å²) in [7, 11) is 1.33. The molecule has 0 bridgehead atoms. The van der Waals surface area contributed by atoms with E-state index in [1.807, 2.05) is 24.3 Å². The molecule has 0 amide bonds. The molecule has 0 aliphatic carbocycles. The van der Waals surface area contributed by atoms with Gasteiger partial charge in [-0.15, -0.1) is 0 Å². The Hall–Kier alpha value is -2.21. The van der Waals surface area contributed by atoms with Crippen LogP contribution in [-0.2, 0) is 9.53 Å². The number of carbonyl (C=O) groups is 1. The molecule has 0 unspecified atom stereocenters. The van der Waals surface area contributed by atoms with Crippen LogP contribution in [-0.4, -0.2) is 19.6 Å². The van der Waals surface area contributed by atoms with E-state index in [0.717, 1.165) is 17.8 Å². The van der Waals surface area contributed by atoms with E-state index in [0.29, 0.717) is 0 Å². The van der Waals surface area contributed by atoms with Gasteiger partial charge in [-0.2, -0.15) is 0 Å². The second kappa shape index (κ2) is 19.7. The Bertz CT molecular complexity index is 652. The molecule has 0 aromatic heterocycles. The number of carbonyl (C=O) groups excluding carboxylic acids is 1. The quantitative estimate of drug-likeness (QED) is 0.120. The van der Waals surface area contributed by atoms with Gasteiger partial charge in [0.2, 0.25) is 0 Å². The average Bonchev–Trinajstić information content (AvgIpc) is 2.80. The van der Waals surface area contributed by atoms with Gasteiger partial charge in [0.25, 0.3) is 0 Å². The maximum atomic E-state index is 11.0. The van der Waals surface area contributed by atoms with E-state index in [1.54, 1.807) is 0 Å². The van der Waals surface area contributed by atoms with Gasteiger partial charge in [-0.05, 0) is 56.4 Å².